The second kappa shape index (κ2) is 15.7. The third kappa shape index (κ3) is 9.26. The number of azo groups is 2. The van der Waals surface area contributed by atoms with E-state index in [0.717, 1.165) is 35.8 Å². The van der Waals surface area contributed by atoms with Gasteiger partial charge in [0.1, 0.15) is 0 Å². The van der Waals surface area contributed by atoms with Gasteiger partial charge in [-0.15, -0.1) is 0 Å². The molecule has 2 unspecified atom stereocenters. The quantitative estimate of drug-likeness (QED) is 0.178. The molecule has 0 aliphatic carbocycles. The van der Waals surface area contributed by atoms with E-state index in [4.69, 9.17) is 9.47 Å². The first kappa shape index (κ1) is 29.9. The minimum Gasteiger partial charge on any atom is -0.377 e. The summed E-state index contributed by atoms with van der Waals surface area (Å²) >= 11 is 3.29. The molecule has 2 aliphatic rings. The summed E-state index contributed by atoms with van der Waals surface area (Å²) in [6.07, 6.45) is 4.01. The predicted octanol–water partition coefficient (Wildman–Crippen LogP) is 6.33. The Morgan fingerprint density at radius 3 is 1.40 bits per heavy atom. The Kier molecular flexibility index (Phi) is 11.7. The molecule has 0 amide bonds. The monoisotopic (exact) mass is 582 g/mol. The Labute approximate surface area is 245 Å². The Bertz CT molecular complexity index is 1070. The van der Waals surface area contributed by atoms with Gasteiger partial charge in [-0.1, -0.05) is 23.5 Å². The van der Waals surface area contributed by atoms with Crippen LogP contribution in [0.1, 0.15) is 0 Å². The molecule has 2 heterocycles. The fourth-order valence-electron chi connectivity index (χ4n) is 3.72. The summed E-state index contributed by atoms with van der Waals surface area (Å²) in [4.78, 5) is 8.39. The molecule has 2 atom stereocenters. The Hall–Kier alpha value is -3.06. The molecule has 4 rings (SSSR count). The van der Waals surface area contributed by atoms with Gasteiger partial charge in [-0.25, -0.2) is 0 Å². The third-order valence-electron chi connectivity index (χ3n) is 6.33. The molecule has 0 spiro atoms. The fourth-order valence-corrected chi connectivity index (χ4v) is 5.26. The first-order valence-electron chi connectivity index (χ1n) is 13.2. The second-order valence-corrected chi connectivity index (χ2v) is 11.3. The lowest BCUT2D eigenvalue weighted by Gasteiger charge is -2.20. The molecular formula is C28H38N8O2S2. The number of nitrogens with zero attached hydrogens (tertiary/aromatic N) is 8. The molecule has 2 aliphatic heterocycles. The van der Waals surface area contributed by atoms with Crippen LogP contribution in [0.3, 0.4) is 0 Å². The zero-order valence-electron chi connectivity index (χ0n) is 23.5. The van der Waals surface area contributed by atoms with Crippen LogP contribution in [0, 0.1) is 0 Å². The largest absolute Gasteiger partial charge is 0.377 e. The first-order valence-corrected chi connectivity index (χ1v) is 15.1. The maximum atomic E-state index is 5.77. The number of hydrogen-bond donors (Lipinski definition) is 0. The van der Waals surface area contributed by atoms with E-state index in [1.165, 1.54) is 0 Å². The Balaban J connectivity index is 1.04. The number of rotatable bonds is 15. The van der Waals surface area contributed by atoms with Gasteiger partial charge in [0.25, 0.3) is 0 Å². The maximum absolute atomic E-state index is 5.77. The highest BCUT2D eigenvalue weighted by Gasteiger charge is 2.15. The molecule has 2 aromatic carbocycles. The van der Waals surface area contributed by atoms with E-state index in [9.17, 15) is 0 Å². The average Bonchev–Trinajstić information content (AvgIpc) is 3.59. The standard InChI is InChI=1S/C28H38N8O2S2/c1-33(25-9-5-23(6-10-25)29-31-27-35(3)15-21-39-27)13-17-37-19-20-38-18-14-34(2)26-11-7-24(8-12-26)30-32-28-36(4)16-22-40-28/h5-12,15-16,21-22,27-28H,13-14,17-20H2,1-4H3. The van der Waals surface area contributed by atoms with E-state index in [0.29, 0.717) is 26.4 Å². The minimum absolute atomic E-state index is 0.0201. The molecule has 0 bridgehead atoms. The molecule has 214 valence electrons. The maximum Gasteiger partial charge on any atom is 0.193 e. The van der Waals surface area contributed by atoms with Gasteiger partial charge in [0.15, 0.2) is 11.0 Å². The molecule has 0 aromatic heterocycles. The van der Waals surface area contributed by atoms with Crippen molar-refractivity contribution in [1.29, 1.82) is 0 Å². The van der Waals surface area contributed by atoms with Gasteiger partial charge < -0.3 is 29.1 Å². The van der Waals surface area contributed by atoms with Gasteiger partial charge in [0, 0.05) is 65.1 Å². The summed E-state index contributed by atoms with van der Waals surface area (Å²) in [7, 11) is 8.11. The van der Waals surface area contributed by atoms with E-state index in [2.05, 4.69) is 68.6 Å². The summed E-state index contributed by atoms with van der Waals surface area (Å²) in [5.74, 6) is 0. The van der Waals surface area contributed by atoms with Crippen molar-refractivity contribution in [2.24, 2.45) is 20.5 Å². The molecule has 0 saturated carbocycles. The Morgan fingerprint density at radius 2 is 1.05 bits per heavy atom. The molecule has 0 radical (unpaired) electrons. The van der Waals surface area contributed by atoms with Gasteiger partial charge in [-0.2, -0.15) is 20.5 Å². The summed E-state index contributed by atoms with van der Waals surface area (Å²) < 4.78 is 11.5. The SMILES string of the molecule is CN(CCOCCOCCN(C)c1ccc(N=NC2SC=CN2C)cc1)c1ccc(N=NC2SC=CN2C)cc1. The normalized spacial score (nSPS) is 18.6. The molecule has 0 fully saturated rings. The molecule has 0 N–H and O–H groups in total. The van der Waals surface area contributed by atoms with Gasteiger partial charge >= 0.3 is 0 Å². The highest BCUT2D eigenvalue weighted by atomic mass is 32.2. The number of thioether (sulfide) groups is 2. The predicted molar refractivity (Wildman–Crippen MR) is 167 cm³/mol. The first-order chi connectivity index (χ1) is 19.5. The van der Waals surface area contributed by atoms with Crippen LogP contribution in [-0.2, 0) is 9.47 Å². The smallest absolute Gasteiger partial charge is 0.193 e. The van der Waals surface area contributed by atoms with Gasteiger partial charge in [0.05, 0.1) is 37.8 Å². The van der Waals surface area contributed by atoms with Crippen molar-refractivity contribution in [3.63, 3.8) is 0 Å². The minimum atomic E-state index is 0.0201. The number of benzene rings is 2. The number of hydrogen-bond acceptors (Lipinski definition) is 12. The summed E-state index contributed by atoms with van der Waals surface area (Å²) in [6.45, 7) is 4.00. The molecule has 10 nitrogen and oxygen atoms in total. The molecule has 0 saturated heterocycles. The molecule has 40 heavy (non-hydrogen) atoms. The average molecular weight is 583 g/mol. The van der Waals surface area contributed by atoms with Crippen LogP contribution < -0.4 is 9.80 Å². The van der Waals surface area contributed by atoms with Crippen LogP contribution in [-0.4, -0.2) is 88.5 Å². The highest BCUT2D eigenvalue weighted by molar-refractivity contribution is 8.03. The van der Waals surface area contributed by atoms with E-state index in [1.54, 1.807) is 23.5 Å². The van der Waals surface area contributed by atoms with E-state index in [-0.39, 0.29) is 11.0 Å². The summed E-state index contributed by atoms with van der Waals surface area (Å²) in [6, 6.07) is 16.2. The van der Waals surface area contributed by atoms with Gasteiger partial charge in [-0.3, -0.25) is 0 Å². The van der Waals surface area contributed by atoms with Crippen LogP contribution in [0.25, 0.3) is 0 Å². The van der Waals surface area contributed by atoms with Crippen molar-refractivity contribution in [2.45, 2.75) is 11.0 Å². The van der Waals surface area contributed by atoms with Crippen LogP contribution in [0.5, 0.6) is 0 Å². The zero-order valence-corrected chi connectivity index (χ0v) is 25.2. The lowest BCUT2D eigenvalue weighted by molar-refractivity contribution is 0.0534. The van der Waals surface area contributed by atoms with Crippen molar-refractivity contribution < 1.29 is 9.47 Å². The highest BCUT2D eigenvalue weighted by Crippen LogP contribution is 2.28. The van der Waals surface area contributed by atoms with Crippen LogP contribution in [0.15, 0.2) is 92.2 Å². The van der Waals surface area contributed by atoms with Crippen molar-refractivity contribution in [3.8, 4) is 0 Å². The summed E-state index contributed by atoms with van der Waals surface area (Å²) in [5, 5.41) is 21.5. The molecular weight excluding hydrogens is 544 g/mol. The van der Waals surface area contributed by atoms with Crippen LogP contribution in [0.4, 0.5) is 22.7 Å². The molecule has 12 heteroatoms. The second-order valence-electron chi connectivity index (χ2n) is 9.36. The number of ether oxygens (including phenoxy) is 2. The van der Waals surface area contributed by atoms with Crippen LogP contribution >= 0.6 is 23.5 Å². The molecule has 2 aromatic rings. The zero-order chi connectivity index (χ0) is 28.2. The van der Waals surface area contributed by atoms with Crippen molar-refractivity contribution in [1.82, 2.24) is 9.80 Å². The van der Waals surface area contributed by atoms with Crippen LogP contribution in [0.2, 0.25) is 0 Å². The van der Waals surface area contributed by atoms with Crippen molar-refractivity contribution >= 4 is 46.3 Å². The topological polar surface area (TPSA) is 80.9 Å². The van der Waals surface area contributed by atoms with Gasteiger partial charge in [-0.05, 0) is 59.3 Å². The van der Waals surface area contributed by atoms with Crippen molar-refractivity contribution in [2.75, 3.05) is 77.5 Å². The van der Waals surface area contributed by atoms with E-state index in [1.807, 2.05) is 71.4 Å². The summed E-state index contributed by atoms with van der Waals surface area (Å²) in [5.41, 5.74) is 3.97. The van der Waals surface area contributed by atoms with E-state index < -0.39 is 0 Å². The van der Waals surface area contributed by atoms with Gasteiger partial charge in [0.2, 0.25) is 0 Å². The Morgan fingerprint density at radius 1 is 0.650 bits per heavy atom. The van der Waals surface area contributed by atoms with E-state index >= 15 is 0 Å². The number of anilines is 2. The third-order valence-corrected chi connectivity index (χ3v) is 8.23. The van der Waals surface area contributed by atoms with Crippen molar-refractivity contribution in [3.05, 3.63) is 71.7 Å². The number of likely N-dealkylation sites (N-methyl/N-ethyl adjacent to an activating group) is 2. The lowest BCUT2D eigenvalue weighted by atomic mass is 10.2. The lowest BCUT2D eigenvalue weighted by Crippen LogP contribution is -2.24. The fraction of sp³-hybridized carbons (Fsp3) is 0.429.